The number of allylic oxidation sites excluding steroid dienone is 2. The molecule has 5 nitrogen and oxygen atoms in total. The Morgan fingerprint density at radius 1 is 1.15 bits per heavy atom. The van der Waals surface area contributed by atoms with Crippen LogP contribution in [0.3, 0.4) is 0 Å². The topological polar surface area (TPSA) is 56.6 Å². The second-order valence-corrected chi connectivity index (χ2v) is 10.5. The SMILES string of the molecule is CC/C(C)=C1\CCC(c2ccc(F)cc2)CN1C(=N)CC1CCN(C(=O)OC(C)(C)C)CC1. The zero-order chi connectivity index (χ0) is 24.2. The summed E-state index contributed by atoms with van der Waals surface area (Å²) in [7, 11) is 0. The number of carbonyl (C=O) groups is 1. The van der Waals surface area contributed by atoms with Gasteiger partial charge in [-0.25, -0.2) is 9.18 Å². The molecule has 2 fully saturated rings. The number of nitrogens with zero attached hydrogens (tertiary/aromatic N) is 2. The second kappa shape index (κ2) is 10.7. The normalized spacial score (nSPS) is 21.7. The van der Waals surface area contributed by atoms with E-state index >= 15 is 0 Å². The van der Waals surface area contributed by atoms with Gasteiger partial charge in [-0.05, 0) is 83.4 Å². The van der Waals surface area contributed by atoms with E-state index in [1.54, 1.807) is 4.90 Å². The highest BCUT2D eigenvalue weighted by Gasteiger charge is 2.31. The van der Waals surface area contributed by atoms with Gasteiger partial charge < -0.3 is 14.5 Å². The Morgan fingerprint density at radius 2 is 1.79 bits per heavy atom. The Labute approximate surface area is 198 Å². The number of piperidine rings is 2. The number of halogens is 1. The number of ether oxygens (including phenoxy) is 1. The van der Waals surface area contributed by atoms with E-state index in [4.69, 9.17) is 10.1 Å². The van der Waals surface area contributed by atoms with Crippen LogP contribution in [-0.4, -0.2) is 47.0 Å². The van der Waals surface area contributed by atoms with Crippen LogP contribution in [0.1, 0.15) is 84.6 Å². The Morgan fingerprint density at radius 3 is 2.36 bits per heavy atom. The molecule has 0 radical (unpaired) electrons. The average Bonchev–Trinajstić information content (AvgIpc) is 2.78. The summed E-state index contributed by atoms with van der Waals surface area (Å²) < 4.78 is 18.9. The predicted octanol–water partition coefficient (Wildman–Crippen LogP) is 6.70. The lowest BCUT2D eigenvalue weighted by molar-refractivity contribution is 0.0185. The second-order valence-electron chi connectivity index (χ2n) is 10.5. The van der Waals surface area contributed by atoms with Gasteiger partial charge in [0.1, 0.15) is 17.3 Å². The van der Waals surface area contributed by atoms with Gasteiger partial charge in [-0.1, -0.05) is 24.6 Å². The van der Waals surface area contributed by atoms with Gasteiger partial charge in [-0.3, -0.25) is 5.41 Å². The molecule has 2 aliphatic rings. The number of hydrogen-bond acceptors (Lipinski definition) is 3. The molecule has 33 heavy (non-hydrogen) atoms. The molecule has 1 atom stereocenters. The van der Waals surface area contributed by atoms with E-state index in [-0.39, 0.29) is 11.9 Å². The van der Waals surface area contributed by atoms with Gasteiger partial charge >= 0.3 is 6.09 Å². The van der Waals surface area contributed by atoms with Gasteiger partial charge in [-0.2, -0.15) is 0 Å². The fraction of sp³-hybridized carbons (Fsp3) is 0.630. The Balaban J connectivity index is 1.63. The van der Waals surface area contributed by atoms with Crippen molar-refractivity contribution in [2.75, 3.05) is 19.6 Å². The predicted molar refractivity (Wildman–Crippen MR) is 131 cm³/mol. The van der Waals surface area contributed by atoms with Crippen LogP contribution >= 0.6 is 0 Å². The average molecular weight is 458 g/mol. The minimum atomic E-state index is -0.481. The Kier molecular flexibility index (Phi) is 8.19. The zero-order valence-electron chi connectivity index (χ0n) is 20.9. The molecule has 2 aliphatic heterocycles. The van der Waals surface area contributed by atoms with Gasteiger partial charge in [-0.15, -0.1) is 0 Å². The fourth-order valence-corrected chi connectivity index (χ4v) is 4.83. The van der Waals surface area contributed by atoms with Crippen LogP contribution in [0.5, 0.6) is 0 Å². The summed E-state index contributed by atoms with van der Waals surface area (Å²) in [5.41, 5.74) is 3.29. The molecule has 1 aromatic rings. The van der Waals surface area contributed by atoms with Crippen molar-refractivity contribution in [3.8, 4) is 0 Å². The third-order valence-electron chi connectivity index (χ3n) is 6.90. The first kappa shape index (κ1) is 25.3. The number of rotatable bonds is 4. The number of likely N-dealkylation sites (tertiary alicyclic amines) is 2. The number of carbonyl (C=O) groups excluding carboxylic acids is 1. The highest BCUT2D eigenvalue weighted by Crippen LogP contribution is 2.35. The molecule has 0 aliphatic carbocycles. The van der Waals surface area contributed by atoms with Crippen LogP contribution in [0.4, 0.5) is 9.18 Å². The molecule has 0 saturated carbocycles. The molecule has 1 amide bonds. The van der Waals surface area contributed by atoms with E-state index in [0.717, 1.165) is 50.6 Å². The fourth-order valence-electron chi connectivity index (χ4n) is 4.83. The third kappa shape index (κ3) is 6.81. The molecular formula is C27H40FN3O2. The number of benzene rings is 1. The van der Waals surface area contributed by atoms with Crippen LogP contribution in [0.25, 0.3) is 0 Å². The van der Waals surface area contributed by atoms with Crippen molar-refractivity contribution < 1.29 is 13.9 Å². The maximum atomic E-state index is 13.4. The monoisotopic (exact) mass is 457 g/mol. The van der Waals surface area contributed by atoms with E-state index in [1.165, 1.54) is 23.4 Å². The maximum Gasteiger partial charge on any atom is 0.410 e. The summed E-state index contributed by atoms with van der Waals surface area (Å²) >= 11 is 0. The standard InChI is InChI=1S/C27H40FN3O2/c1-6-19(2)24-12-9-22(21-7-10-23(28)11-8-21)18-31(24)25(29)17-20-13-15-30(16-14-20)26(32)33-27(3,4)5/h7-8,10-11,20,22,29H,6,9,12-18H2,1-5H3/b24-19+,29-25?. The summed E-state index contributed by atoms with van der Waals surface area (Å²) in [5, 5.41) is 8.98. The molecule has 0 aromatic heterocycles. The molecule has 182 valence electrons. The molecule has 2 saturated heterocycles. The van der Waals surface area contributed by atoms with Crippen molar-refractivity contribution >= 4 is 11.9 Å². The summed E-state index contributed by atoms with van der Waals surface area (Å²) in [6.07, 6.45) is 5.22. The summed E-state index contributed by atoms with van der Waals surface area (Å²) in [4.78, 5) is 16.4. The van der Waals surface area contributed by atoms with Crippen LogP contribution in [0.2, 0.25) is 0 Å². The first-order valence-corrected chi connectivity index (χ1v) is 12.3. The quantitative estimate of drug-likeness (QED) is 0.404. The minimum Gasteiger partial charge on any atom is -0.444 e. The molecular weight excluding hydrogens is 417 g/mol. The van der Waals surface area contributed by atoms with Crippen molar-refractivity contribution in [2.24, 2.45) is 5.92 Å². The van der Waals surface area contributed by atoms with E-state index in [1.807, 2.05) is 32.9 Å². The summed E-state index contributed by atoms with van der Waals surface area (Å²) in [5.74, 6) is 1.15. The van der Waals surface area contributed by atoms with Gasteiger partial charge in [0.05, 0.1) is 0 Å². The number of amides is 1. The number of nitrogens with one attached hydrogen (secondary N) is 1. The third-order valence-corrected chi connectivity index (χ3v) is 6.90. The molecule has 1 aromatic carbocycles. The molecule has 2 heterocycles. The van der Waals surface area contributed by atoms with Crippen molar-refractivity contribution in [1.29, 1.82) is 5.41 Å². The van der Waals surface area contributed by atoms with Crippen LogP contribution in [-0.2, 0) is 4.74 Å². The highest BCUT2D eigenvalue weighted by molar-refractivity contribution is 5.81. The lowest BCUT2D eigenvalue weighted by atomic mass is 9.86. The van der Waals surface area contributed by atoms with Crippen LogP contribution in [0, 0.1) is 17.1 Å². The van der Waals surface area contributed by atoms with E-state index in [2.05, 4.69) is 18.7 Å². The lowest BCUT2D eigenvalue weighted by Gasteiger charge is -2.40. The van der Waals surface area contributed by atoms with Gasteiger partial charge in [0.2, 0.25) is 0 Å². The van der Waals surface area contributed by atoms with Crippen molar-refractivity contribution in [2.45, 2.75) is 84.7 Å². The first-order valence-electron chi connectivity index (χ1n) is 12.3. The smallest absolute Gasteiger partial charge is 0.410 e. The molecule has 0 bridgehead atoms. The molecule has 3 rings (SSSR count). The number of amidine groups is 1. The Bertz CT molecular complexity index is 864. The summed E-state index contributed by atoms with van der Waals surface area (Å²) in [6.45, 7) is 12.1. The van der Waals surface area contributed by atoms with Crippen molar-refractivity contribution in [3.63, 3.8) is 0 Å². The van der Waals surface area contributed by atoms with Crippen LogP contribution < -0.4 is 0 Å². The number of hydrogen-bond donors (Lipinski definition) is 1. The molecule has 0 spiro atoms. The largest absolute Gasteiger partial charge is 0.444 e. The van der Waals surface area contributed by atoms with E-state index in [9.17, 15) is 9.18 Å². The van der Waals surface area contributed by atoms with Crippen LogP contribution in [0.15, 0.2) is 35.5 Å². The lowest BCUT2D eigenvalue weighted by Crippen LogP contribution is -2.43. The zero-order valence-corrected chi connectivity index (χ0v) is 20.9. The first-order chi connectivity index (χ1) is 15.6. The molecule has 6 heteroatoms. The minimum absolute atomic E-state index is 0.209. The highest BCUT2D eigenvalue weighted by atomic mass is 19.1. The van der Waals surface area contributed by atoms with Gasteiger partial charge in [0.25, 0.3) is 0 Å². The van der Waals surface area contributed by atoms with E-state index < -0.39 is 5.60 Å². The molecule has 1 N–H and O–H groups in total. The summed E-state index contributed by atoms with van der Waals surface area (Å²) in [6, 6.07) is 6.84. The molecule has 1 unspecified atom stereocenters. The van der Waals surface area contributed by atoms with Gasteiger partial charge in [0.15, 0.2) is 0 Å². The van der Waals surface area contributed by atoms with Gasteiger partial charge in [0, 0.05) is 37.7 Å². The van der Waals surface area contributed by atoms with Crippen molar-refractivity contribution in [1.82, 2.24) is 9.80 Å². The van der Waals surface area contributed by atoms with Crippen molar-refractivity contribution in [3.05, 3.63) is 46.9 Å². The maximum absolute atomic E-state index is 13.4. The Hall–Kier alpha value is -2.37. The van der Waals surface area contributed by atoms with E-state index in [0.29, 0.717) is 30.8 Å².